The van der Waals surface area contributed by atoms with Crippen molar-refractivity contribution < 1.29 is 0 Å². The summed E-state index contributed by atoms with van der Waals surface area (Å²) in [6, 6.07) is 13.2. The Balaban J connectivity index is 2.36. The Morgan fingerprint density at radius 1 is 0.842 bits per heavy atom. The summed E-state index contributed by atoms with van der Waals surface area (Å²) >= 11 is 6.03. The number of halogens is 1. The van der Waals surface area contributed by atoms with Gasteiger partial charge in [0.1, 0.15) is 0 Å². The average molecular weight is 269 g/mol. The first kappa shape index (κ1) is 10.6. The minimum Gasteiger partial charge on any atom is -0.353 e. The van der Waals surface area contributed by atoms with Crippen molar-refractivity contribution in [3.63, 3.8) is 0 Å². The summed E-state index contributed by atoms with van der Waals surface area (Å²) in [5, 5.41) is 3.20. The van der Waals surface area contributed by atoms with Crippen LogP contribution in [0.2, 0.25) is 5.02 Å². The topological polar surface area (TPSA) is 48.6 Å². The molecule has 0 amide bonds. The number of nitrogens with one attached hydrogen (secondary N) is 2. The van der Waals surface area contributed by atoms with E-state index in [9.17, 15) is 4.79 Å². The van der Waals surface area contributed by atoms with Gasteiger partial charge in [0.25, 0.3) is 5.56 Å². The van der Waals surface area contributed by atoms with E-state index in [0.29, 0.717) is 10.4 Å². The second kappa shape index (κ2) is 3.62. The van der Waals surface area contributed by atoms with Crippen molar-refractivity contribution in [3.05, 3.63) is 57.8 Å². The number of benzene rings is 2. The highest BCUT2D eigenvalue weighted by Gasteiger charge is 2.10. The van der Waals surface area contributed by atoms with Crippen molar-refractivity contribution >= 4 is 44.3 Å². The first-order valence-electron chi connectivity index (χ1n) is 5.96. The number of H-pyrrole nitrogens is 2. The molecular weight excluding hydrogens is 260 g/mol. The van der Waals surface area contributed by atoms with E-state index in [1.54, 1.807) is 0 Å². The Hall–Kier alpha value is -2.26. The van der Waals surface area contributed by atoms with Crippen LogP contribution in [0.4, 0.5) is 0 Å². The van der Waals surface area contributed by atoms with Gasteiger partial charge in [-0.3, -0.25) is 4.79 Å². The lowest BCUT2D eigenvalue weighted by Gasteiger charge is -1.98. The maximum absolute atomic E-state index is 12.1. The number of hydrogen-bond donors (Lipinski definition) is 2. The molecular formula is C15H9ClN2O. The highest BCUT2D eigenvalue weighted by atomic mass is 35.5. The molecule has 92 valence electrons. The molecule has 0 bridgehead atoms. The van der Waals surface area contributed by atoms with Gasteiger partial charge in [0.2, 0.25) is 0 Å². The van der Waals surface area contributed by atoms with Crippen LogP contribution in [0.5, 0.6) is 0 Å². The van der Waals surface area contributed by atoms with Gasteiger partial charge < -0.3 is 9.97 Å². The smallest absolute Gasteiger partial charge is 0.256 e. The molecule has 4 rings (SSSR count). The zero-order chi connectivity index (χ0) is 13.0. The van der Waals surface area contributed by atoms with Gasteiger partial charge in [-0.05, 0) is 24.3 Å². The normalized spacial score (nSPS) is 11.6. The minimum atomic E-state index is -0.0797. The Morgan fingerprint density at radius 3 is 2.42 bits per heavy atom. The molecule has 0 spiro atoms. The van der Waals surface area contributed by atoms with Gasteiger partial charge in [-0.1, -0.05) is 29.8 Å². The molecule has 0 unspecified atom stereocenters. The molecule has 2 aromatic carbocycles. The fourth-order valence-corrected chi connectivity index (χ4v) is 2.75. The predicted molar refractivity (Wildman–Crippen MR) is 78.9 cm³/mol. The quantitative estimate of drug-likeness (QED) is 0.500. The summed E-state index contributed by atoms with van der Waals surface area (Å²) < 4.78 is 0. The van der Waals surface area contributed by atoms with Crippen LogP contribution in [0.3, 0.4) is 0 Å². The van der Waals surface area contributed by atoms with Crippen LogP contribution >= 0.6 is 11.6 Å². The summed E-state index contributed by atoms with van der Waals surface area (Å²) in [5.74, 6) is 0. The number of hydrogen-bond acceptors (Lipinski definition) is 1. The van der Waals surface area contributed by atoms with Gasteiger partial charge in [0, 0.05) is 26.7 Å². The molecule has 3 nitrogen and oxygen atoms in total. The van der Waals surface area contributed by atoms with Crippen molar-refractivity contribution in [1.82, 2.24) is 9.97 Å². The summed E-state index contributed by atoms with van der Waals surface area (Å²) in [5.41, 5.74) is 2.63. The highest BCUT2D eigenvalue weighted by molar-refractivity contribution is 6.32. The summed E-state index contributed by atoms with van der Waals surface area (Å²) in [7, 11) is 0. The molecule has 0 atom stereocenters. The molecule has 0 saturated heterocycles. The molecule has 0 aliphatic carbocycles. The third-order valence-electron chi connectivity index (χ3n) is 3.44. The van der Waals surface area contributed by atoms with Gasteiger partial charge in [-0.2, -0.15) is 0 Å². The van der Waals surface area contributed by atoms with Crippen LogP contribution in [0.15, 0.2) is 47.3 Å². The van der Waals surface area contributed by atoms with Crippen molar-refractivity contribution in [1.29, 1.82) is 0 Å². The molecule has 2 heterocycles. The molecule has 19 heavy (non-hydrogen) atoms. The lowest BCUT2D eigenvalue weighted by Crippen LogP contribution is -2.05. The first-order chi connectivity index (χ1) is 9.24. The Kier molecular flexibility index (Phi) is 2.03. The Morgan fingerprint density at radius 2 is 1.58 bits per heavy atom. The SMILES string of the molecule is O=c1[nH]c2c3cc(Cl)ccc3[nH]c2c2ccccc12. The molecule has 0 fully saturated rings. The van der Waals surface area contributed by atoms with Crippen molar-refractivity contribution in [2.45, 2.75) is 0 Å². The van der Waals surface area contributed by atoms with Gasteiger partial charge in [-0.25, -0.2) is 0 Å². The van der Waals surface area contributed by atoms with Crippen LogP contribution in [-0.4, -0.2) is 9.97 Å². The Labute approximate surface area is 112 Å². The zero-order valence-electron chi connectivity index (χ0n) is 9.83. The van der Waals surface area contributed by atoms with Crippen molar-refractivity contribution in [2.24, 2.45) is 0 Å². The van der Waals surface area contributed by atoms with E-state index >= 15 is 0 Å². The number of aromatic nitrogens is 2. The first-order valence-corrected chi connectivity index (χ1v) is 6.34. The van der Waals surface area contributed by atoms with Gasteiger partial charge in [0.05, 0.1) is 11.0 Å². The highest BCUT2D eigenvalue weighted by Crippen LogP contribution is 2.29. The number of aromatic amines is 2. The van der Waals surface area contributed by atoms with Gasteiger partial charge in [-0.15, -0.1) is 0 Å². The molecule has 0 radical (unpaired) electrons. The standard InChI is InChI=1S/C15H9ClN2O/c16-8-5-6-12-11(7-8)14-13(17-12)9-3-1-2-4-10(9)15(19)18-14/h1-7,17H,(H,18,19). The molecule has 2 aromatic heterocycles. The fraction of sp³-hybridized carbons (Fsp3) is 0. The molecule has 0 aliphatic heterocycles. The number of pyridine rings is 1. The van der Waals surface area contributed by atoms with E-state index in [1.165, 1.54) is 0 Å². The summed E-state index contributed by atoms with van der Waals surface area (Å²) in [6.45, 7) is 0. The Bertz CT molecular complexity index is 997. The van der Waals surface area contributed by atoms with Gasteiger partial charge in [0.15, 0.2) is 0 Å². The molecule has 4 heteroatoms. The molecule has 0 saturated carbocycles. The molecule has 2 N–H and O–H groups in total. The van der Waals surface area contributed by atoms with Crippen LogP contribution in [0.25, 0.3) is 32.7 Å². The zero-order valence-corrected chi connectivity index (χ0v) is 10.6. The van der Waals surface area contributed by atoms with Crippen LogP contribution in [0.1, 0.15) is 0 Å². The lowest BCUT2D eigenvalue weighted by molar-refractivity contribution is 1.35. The fourth-order valence-electron chi connectivity index (χ4n) is 2.58. The summed E-state index contributed by atoms with van der Waals surface area (Å²) in [4.78, 5) is 18.4. The molecule has 0 aliphatic rings. The minimum absolute atomic E-state index is 0.0797. The molecule has 4 aromatic rings. The lowest BCUT2D eigenvalue weighted by atomic mass is 10.1. The number of rotatable bonds is 0. The van der Waals surface area contributed by atoms with Crippen LogP contribution in [0, 0.1) is 0 Å². The third-order valence-corrected chi connectivity index (χ3v) is 3.68. The monoisotopic (exact) mass is 268 g/mol. The van der Waals surface area contributed by atoms with E-state index < -0.39 is 0 Å². The van der Waals surface area contributed by atoms with E-state index in [0.717, 1.165) is 27.3 Å². The second-order valence-electron chi connectivity index (χ2n) is 4.56. The van der Waals surface area contributed by atoms with E-state index in [4.69, 9.17) is 11.6 Å². The predicted octanol–water partition coefficient (Wildman–Crippen LogP) is 3.82. The van der Waals surface area contributed by atoms with Gasteiger partial charge >= 0.3 is 0 Å². The van der Waals surface area contributed by atoms with Crippen LogP contribution in [-0.2, 0) is 0 Å². The third kappa shape index (κ3) is 1.42. The largest absolute Gasteiger partial charge is 0.353 e. The van der Waals surface area contributed by atoms with E-state index in [-0.39, 0.29) is 5.56 Å². The second-order valence-corrected chi connectivity index (χ2v) is 5.00. The van der Waals surface area contributed by atoms with Crippen molar-refractivity contribution in [3.8, 4) is 0 Å². The average Bonchev–Trinajstić information content (AvgIpc) is 2.78. The van der Waals surface area contributed by atoms with Crippen molar-refractivity contribution in [2.75, 3.05) is 0 Å². The van der Waals surface area contributed by atoms with E-state index in [2.05, 4.69) is 9.97 Å². The van der Waals surface area contributed by atoms with E-state index in [1.807, 2.05) is 42.5 Å². The maximum atomic E-state index is 12.1. The summed E-state index contributed by atoms with van der Waals surface area (Å²) in [6.07, 6.45) is 0. The van der Waals surface area contributed by atoms with Crippen LogP contribution < -0.4 is 5.56 Å². The number of fused-ring (bicyclic) bond motifs is 5. The maximum Gasteiger partial charge on any atom is 0.256 e.